The van der Waals surface area contributed by atoms with Crippen molar-refractivity contribution < 1.29 is 23.9 Å². The number of benzene rings is 2. The van der Waals surface area contributed by atoms with E-state index in [1.165, 1.54) is 14.0 Å². The zero-order valence-electron chi connectivity index (χ0n) is 33.1. The summed E-state index contributed by atoms with van der Waals surface area (Å²) in [6, 6.07) is 10.4. The van der Waals surface area contributed by atoms with E-state index < -0.39 is 18.2 Å². The number of ether oxygens (including phenoxy) is 1. The average molecular weight is 773 g/mol. The van der Waals surface area contributed by atoms with Crippen LogP contribution in [0.2, 0.25) is 0 Å². The first-order chi connectivity index (χ1) is 27.4. The van der Waals surface area contributed by atoms with Crippen molar-refractivity contribution in [1.82, 2.24) is 50.3 Å². The van der Waals surface area contributed by atoms with Crippen LogP contribution in [0.25, 0.3) is 55.0 Å². The molecule has 296 valence electrons. The molecule has 15 nitrogen and oxygen atoms in total. The van der Waals surface area contributed by atoms with Crippen LogP contribution in [0.4, 0.5) is 4.79 Å². The van der Waals surface area contributed by atoms with E-state index >= 15 is 0 Å². The number of likely N-dealkylation sites (tertiary alicyclic amines) is 2. The van der Waals surface area contributed by atoms with Gasteiger partial charge in [0, 0.05) is 42.5 Å². The molecule has 0 unspecified atom stereocenters. The highest BCUT2D eigenvalue weighted by Crippen LogP contribution is 2.37. The van der Waals surface area contributed by atoms with Gasteiger partial charge in [0.05, 0.1) is 53.0 Å². The molecule has 6 aromatic rings. The van der Waals surface area contributed by atoms with Crippen LogP contribution in [-0.4, -0.2) is 95.8 Å². The van der Waals surface area contributed by atoms with Crippen molar-refractivity contribution in [3.05, 3.63) is 60.4 Å². The van der Waals surface area contributed by atoms with Crippen LogP contribution in [0.3, 0.4) is 0 Å². The molecule has 2 aliphatic heterocycles. The lowest BCUT2D eigenvalue weighted by Crippen LogP contribution is -2.51. The van der Waals surface area contributed by atoms with Gasteiger partial charge in [-0.2, -0.15) is 0 Å². The maximum absolute atomic E-state index is 13.7. The minimum atomic E-state index is -0.711. The van der Waals surface area contributed by atoms with E-state index in [4.69, 9.17) is 24.7 Å². The lowest BCUT2D eigenvalue weighted by molar-refractivity contribution is -0.138. The number of imidazole rings is 2. The summed E-state index contributed by atoms with van der Waals surface area (Å²) >= 11 is 0. The van der Waals surface area contributed by atoms with E-state index in [2.05, 4.69) is 32.7 Å². The number of pyridine rings is 2. The number of rotatable bonds is 9. The van der Waals surface area contributed by atoms with E-state index in [1.54, 1.807) is 11.1 Å². The molecule has 0 saturated carbocycles. The van der Waals surface area contributed by atoms with Gasteiger partial charge in [0.25, 0.3) is 0 Å². The number of carbonyl (C=O) groups is 4. The number of aromatic amines is 2. The standard InChI is InChI=1S/C42H48N10O5/c1-21(2)33(45-23(5)53)40(54)51-15-8-10-32(51)39-47-30-20-43-29-18-24(11-13-27(29)36(30)48-39)26-17-25-12-14-28-37(35(25)44-19-26)49-38(46-28)31-9-7-16-52(31)41(55)34(22(3)4)50-42(56)57-6/h11-14,17-22,31-34H,7-10,15-16H2,1-6H3,(H,45,53)(H,46,49)(H,47,48)(H,50,56)/t31-,32-,33-,34-/m0/s1. The van der Waals surface area contributed by atoms with Gasteiger partial charge in [-0.05, 0) is 61.3 Å². The highest BCUT2D eigenvalue weighted by atomic mass is 16.5. The van der Waals surface area contributed by atoms with E-state index in [0.29, 0.717) is 24.7 Å². The molecule has 6 heterocycles. The second-order valence-corrected chi connectivity index (χ2v) is 15.9. The zero-order chi connectivity index (χ0) is 40.1. The van der Waals surface area contributed by atoms with Gasteiger partial charge in [0.1, 0.15) is 29.2 Å². The summed E-state index contributed by atoms with van der Waals surface area (Å²) in [4.78, 5) is 81.4. The van der Waals surface area contributed by atoms with Crippen LogP contribution in [0, 0.1) is 11.8 Å². The molecule has 0 spiro atoms. The predicted molar refractivity (Wildman–Crippen MR) is 216 cm³/mol. The lowest BCUT2D eigenvalue weighted by Gasteiger charge is -2.30. The highest BCUT2D eigenvalue weighted by Gasteiger charge is 2.39. The van der Waals surface area contributed by atoms with Gasteiger partial charge in [-0.3, -0.25) is 24.4 Å². The van der Waals surface area contributed by atoms with Gasteiger partial charge in [-0.15, -0.1) is 0 Å². The number of nitrogens with zero attached hydrogens (tertiary/aromatic N) is 6. The van der Waals surface area contributed by atoms with Gasteiger partial charge in [-0.1, -0.05) is 45.9 Å². The molecule has 4 atom stereocenters. The van der Waals surface area contributed by atoms with Crippen molar-refractivity contribution in [2.45, 2.75) is 84.5 Å². The molecule has 0 bridgehead atoms. The lowest BCUT2D eigenvalue weighted by atomic mass is 10.0. The van der Waals surface area contributed by atoms with Gasteiger partial charge in [0.2, 0.25) is 17.7 Å². The second-order valence-electron chi connectivity index (χ2n) is 15.9. The number of hydrogen-bond acceptors (Lipinski definition) is 9. The second kappa shape index (κ2) is 15.1. The molecule has 15 heteroatoms. The Balaban J connectivity index is 1.05. The molecule has 4 aromatic heterocycles. The van der Waals surface area contributed by atoms with Gasteiger partial charge < -0.3 is 35.1 Å². The summed E-state index contributed by atoms with van der Waals surface area (Å²) in [5.41, 5.74) is 6.62. The normalized spacial score (nSPS) is 18.3. The Labute approximate surface area is 329 Å². The molecule has 0 aliphatic carbocycles. The Hall–Kier alpha value is -6.12. The third-order valence-electron chi connectivity index (χ3n) is 11.4. The number of amides is 4. The number of hydrogen-bond donors (Lipinski definition) is 4. The molecule has 8 rings (SSSR count). The fraction of sp³-hybridized carbons (Fsp3) is 0.429. The van der Waals surface area contributed by atoms with E-state index in [9.17, 15) is 19.2 Å². The quantitative estimate of drug-likeness (QED) is 0.135. The monoisotopic (exact) mass is 772 g/mol. The predicted octanol–water partition coefficient (Wildman–Crippen LogP) is 6.07. The van der Waals surface area contributed by atoms with Crippen LogP contribution in [0.5, 0.6) is 0 Å². The molecule has 4 N–H and O–H groups in total. The molecule has 57 heavy (non-hydrogen) atoms. The number of nitrogens with one attached hydrogen (secondary N) is 4. The Bertz CT molecular complexity index is 2540. The minimum absolute atomic E-state index is 0.0488. The van der Waals surface area contributed by atoms with Crippen LogP contribution < -0.4 is 10.6 Å². The maximum atomic E-state index is 13.7. The topological polar surface area (TPSA) is 191 Å². The number of methoxy groups -OCH3 is 1. The number of H-pyrrole nitrogens is 2. The summed E-state index contributed by atoms with van der Waals surface area (Å²) in [5.74, 6) is 0.768. The SMILES string of the molecule is COC(=O)N[C@H](C(=O)N1CCC[C@H]1c1nc2ccc3cc(-c4ccc5c(c4)ncc4nc([C@@H]6CCCN6C(=O)[C@@H](NC(C)=O)C(C)C)[nH]c45)cnc3c2[nH]1)C(C)C. The van der Waals surface area contributed by atoms with Crippen molar-refractivity contribution in [1.29, 1.82) is 0 Å². The van der Waals surface area contributed by atoms with E-state index in [0.717, 1.165) is 80.7 Å². The first-order valence-corrected chi connectivity index (χ1v) is 19.7. The molecule has 2 aromatic carbocycles. The van der Waals surface area contributed by atoms with Crippen LogP contribution in [0.15, 0.2) is 48.8 Å². The van der Waals surface area contributed by atoms with Gasteiger partial charge in [-0.25, -0.2) is 14.8 Å². The Kier molecular flexibility index (Phi) is 10.0. The number of alkyl carbamates (subject to hydrolysis) is 1. The number of aromatic nitrogens is 6. The molecule has 2 saturated heterocycles. The molecular weight excluding hydrogens is 725 g/mol. The van der Waals surface area contributed by atoms with Gasteiger partial charge >= 0.3 is 6.09 Å². The summed E-state index contributed by atoms with van der Waals surface area (Å²) < 4.78 is 4.78. The van der Waals surface area contributed by atoms with Crippen molar-refractivity contribution >= 4 is 67.7 Å². The Morgan fingerprint density at radius 1 is 0.737 bits per heavy atom. The fourth-order valence-corrected chi connectivity index (χ4v) is 8.45. The van der Waals surface area contributed by atoms with Crippen LogP contribution in [-0.2, 0) is 19.1 Å². The number of fused-ring (bicyclic) bond motifs is 6. The van der Waals surface area contributed by atoms with Crippen molar-refractivity contribution in [2.24, 2.45) is 11.8 Å². The summed E-state index contributed by atoms with van der Waals surface area (Å²) in [5, 5.41) is 7.40. The van der Waals surface area contributed by atoms with E-state index in [-0.39, 0.29) is 41.6 Å². The Morgan fingerprint density at radius 3 is 2.00 bits per heavy atom. The third kappa shape index (κ3) is 6.99. The summed E-state index contributed by atoms with van der Waals surface area (Å²) in [6.45, 7) is 10.3. The van der Waals surface area contributed by atoms with Crippen LogP contribution in [0.1, 0.15) is 84.0 Å². The fourth-order valence-electron chi connectivity index (χ4n) is 8.45. The zero-order valence-corrected chi connectivity index (χ0v) is 33.1. The third-order valence-corrected chi connectivity index (χ3v) is 11.4. The van der Waals surface area contributed by atoms with Crippen molar-refractivity contribution in [3.63, 3.8) is 0 Å². The molecule has 4 amide bonds. The minimum Gasteiger partial charge on any atom is -0.453 e. The first kappa shape index (κ1) is 37.8. The van der Waals surface area contributed by atoms with E-state index in [1.807, 2.05) is 63.1 Å². The summed E-state index contributed by atoms with van der Waals surface area (Å²) in [6.07, 6.45) is 6.19. The van der Waals surface area contributed by atoms with Gasteiger partial charge in [0.15, 0.2) is 0 Å². The number of carbonyl (C=O) groups excluding carboxylic acids is 4. The molecule has 2 aliphatic rings. The van der Waals surface area contributed by atoms with Crippen molar-refractivity contribution in [2.75, 3.05) is 20.2 Å². The summed E-state index contributed by atoms with van der Waals surface area (Å²) in [7, 11) is 1.29. The molecular formula is C42H48N10O5. The van der Waals surface area contributed by atoms with Crippen molar-refractivity contribution in [3.8, 4) is 11.1 Å². The molecule has 0 radical (unpaired) electrons. The molecule has 2 fully saturated rings. The first-order valence-electron chi connectivity index (χ1n) is 19.7. The smallest absolute Gasteiger partial charge is 0.407 e. The largest absolute Gasteiger partial charge is 0.453 e. The van der Waals surface area contributed by atoms with Crippen LogP contribution >= 0.6 is 0 Å². The maximum Gasteiger partial charge on any atom is 0.407 e. The Morgan fingerprint density at radius 2 is 1.37 bits per heavy atom. The highest BCUT2D eigenvalue weighted by molar-refractivity contribution is 6.05. The average Bonchev–Trinajstić information content (AvgIpc) is 4.03.